The van der Waals surface area contributed by atoms with Gasteiger partial charge in [0.25, 0.3) is 0 Å². The molecule has 0 aliphatic carbocycles. The first-order valence-electron chi connectivity index (χ1n) is 5.28. The number of halogens is 1. The van der Waals surface area contributed by atoms with Crippen molar-refractivity contribution < 1.29 is 0 Å². The standard InChI is InChI=1S/C13H18BrN/c1-10-7-8-13(14)9-12(10)6-4-3-5-11(2)15/h4,6-9,11H,3,5,15H2,1-2H3/b6-4+. The summed E-state index contributed by atoms with van der Waals surface area (Å²) in [6.07, 6.45) is 6.45. The quantitative estimate of drug-likeness (QED) is 0.880. The van der Waals surface area contributed by atoms with Crippen LogP contribution in [0.3, 0.4) is 0 Å². The highest BCUT2D eigenvalue weighted by Crippen LogP contribution is 2.17. The number of hydrogen-bond acceptors (Lipinski definition) is 1. The molecule has 0 aromatic heterocycles. The zero-order valence-electron chi connectivity index (χ0n) is 9.33. The molecule has 0 aliphatic heterocycles. The minimum absolute atomic E-state index is 0.290. The Morgan fingerprint density at radius 2 is 2.20 bits per heavy atom. The van der Waals surface area contributed by atoms with Gasteiger partial charge in [0.15, 0.2) is 0 Å². The van der Waals surface area contributed by atoms with Crippen molar-refractivity contribution in [1.29, 1.82) is 0 Å². The lowest BCUT2D eigenvalue weighted by Gasteiger charge is -2.02. The molecule has 15 heavy (non-hydrogen) atoms. The average molecular weight is 268 g/mol. The van der Waals surface area contributed by atoms with Gasteiger partial charge in [-0.3, -0.25) is 0 Å². The van der Waals surface area contributed by atoms with Crippen molar-refractivity contribution >= 4 is 22.0 Å². The van der Waals surface area contributed by atoms with Crippen LogP contribution < -0.4 is 5.73 Å². The van der Waals surface area contributed by atoms with E-state index in [0.29, 0.717) is 6.04 Å². The van der Waals surface area contributed by atoms with E-state index in [0.717, 1.165) is 17.3 Å². The van der Waals surface area contributed by atoms with Crippen LogP contribution in [0.1, 0.15) is 30.9 Å². The van der Waals surface area contributed by atoms with Gasteiger partial charge in [0.1, 0.15) is 0 Å². The van der Waals surface area contributed by atoms with Crippen LogP contribution in [0.15, 0.2) is 28.7 Å². The van der Waals surface area contributed by atoms with Gasteiger partial charge in [-0.1, -0.05) is 34.1 Å². The summed E-state index contributed by atoms with van der Waals surface area (Å²) in [5, 5.41) is 0. The summed E-state index contributed by atoms with van der Waals surface area (Å²) in [7, 11) is 0. The molecule has 0 amide bonds. The van der Waals surface area contributed by atoms with Crippen LogP contribution in [0.2, 0.25) is 0 Å². The lowest BCUT2D eigenvalue weighted by molar-refractivity contribution is 0.677. The van der Waals surface area contributed by atoms with Crippen LogP contribution in [-0.2, 0) is 0 Å². The second-order valence-corrected chi connectivity index (χ2v) is 4.87. The van der Waals surface area contributed by atoms with E-state index in [1.54, 1.807) is 0 Å². The summed E-state index contributed by atoms with van der Waals surface area (Å²) in [6.45, 7) is 4.16. The minimum atomic E-state index is 0.290. The SMILES string of the molecule is Cc1ccc(Br)cc1/C=C/CCC(C)N. The third kappa shape index (κ3) is 4.63. The fourth-order valence-corrected chi connectivity index (χ4v) is 1.74. The highest BCUT2D eigenvalue weighted by atomic mass is 79.9. The van der Waals surface area contributed by atoms with Crippen molar-refractivity contribution in [2.45, 2.75) is 32.7 Å². The molecule has 1 unspecified atom stereocenters. The summed E-state index contributed by atoms with van der Waals surface area (Å²) in [4.78, 5) is 0. The van der Waals surface area contributed by atoms with Gasteiger partial charge in [0.05, 0.1) is 0 Å². The summed E-state index contributed by atoms with van der Waals surface area (Å²) >= 11 is 3.47. The molecule has 2 N–H and O–H groups in total. The first-order valence-corrected chi connectivity index (χ1v) is 6.07. The highest BCUT2D eigenvalue weighted by Gasteiger charge is 1.95. The topological polar surface area (TPSA) is 26.0 Å². The molecule has 1 rings (SSSR count). The Kier molecular flexibility index (Phi) is 5.06. The third-order valence-electron chi connectivity index (χ3n) is 2.33. The van der Waals surface area contributed by atoms with Crippen LogP contribution in [-0.4, -0.2) is 6.04 Å². The molecule has 1 aromatic rings. The zero-order chi connectivity index (χ0) is 11.3. The molecular formula is C13H18BrN. The lowest BCUT2D eigenvalue weighted by atomic mass is 10.1. The molecule has 2 heteroatoms. The predicted octanol–water partition coefficient (Wildman–Crippen LogP) is 3.90. The van der Waals surface area contributed by atoms with Gasteiger partial charge >= 0.3 is 0 Å². The van der Waals surface area contributed by atoms with Crippen molar-refractivity contribution in [3.05, 3.63) is 39.9 Å². The van der Waals surface area contributed by atoms with Crippen molar-refractivity contribution in [2.24, 2.45) is 5.73 Å². The largest absolute Gasteiger partial charge is 0.328 e. The van der Waals surface area contributed by atoms with Crippen LogP contribution in [0.4, 0.5) is 0 Å². The average Bonchev–Trinajstić information content (AvgIpc) is 2.17. The second-order valence-electron chi connectivity index (χ2n) is 3.96. The third-order valence-corrected chi connectivity index (χ3v) is 2.82. The van der Waals surface area contributed by atoms with Crippen LogP contribution in [0.5, 0.6) is 0 Å². The van der Waals surface area contributed by atoms with E-state index in [-0.39, 0.29) is 0 Å². The minimum Gasteiger partial charge on any atom is -0.328 e. The highest BCUT2D eigenvalue weighted by molar-refractivity contribution is 9.10. The Balaban J connectivity index is 2.59. The molecule has 0 bridgehead atoms. The number of nitrogens with two attached hydrogens (primary N) is 1. The van der Waals surface area contributed by atoms with Crippen molar-refractivity contribution in [2.75, 3.05) is 0 Å². The molecule has 1 aromatic carbocycles. The molecule has 0 heterocycles. The van der Waals surface area contributed by atoms with E-state index in [9.17, 15) is 0 Å². The van der Waals surface area contributed by atoms with Gasteiger partial charge in [0, 0.05) is 10.5 Å². The Morgan fingerprint density at radius 3 is 2.87 bits per heavy atom. The van der Waals surface area contributed by atoms with E-state index in [4.69, 9.17) is 5.73 Å². The number of rotatable bonds is 4. The maximum atomic E-state index is 5.68. The van der Waals surface area contributed by atoms with Crippen LogP contribution in [0, 0.1) is 6.92 Å². The number of allylic oxidation sites excluding steroid dienone is 1. The smallest absolute Gasteiger partial charge is 0.0181 e. The predicted molar refractivity (Wildman–Crippen MR) is 70.8 cm³/mol. The normalized spacial score (nSPS) is 13.3. The molecule has 0 fully saturated rings. The van der Waals surface area contributed by atoms with E-state index >= 15 is 0 Å². The van der Waals surface area contributed by atoms with Crippen LogP contribution >= 0.6 is 15.9 Å². The number of benzene rings is 1. The van der Waals surface area contributed by atoms with Crippen molar-refractivity contribution in [3.63, 3.8) is 0 Å². The van der Waals surface area contributed by atoms with E-state index in [1.807, 2.05) is 6.92 Å². The molecule has 1 nitrogen and oxygen atoms in total. The van der Waals surface area contributed by atoms with Gasteiger partial charge in [-0.05, 0) is 49.9 Å². The van der Waals surface area contributed by atoms with Crippen molar-refractivity contribution in [1.82, 2.24) is 0 Å². The van der Waals surface area contributed by atoms with E-state index in [2.05, 4.69) is 53.2 Å². The Bertz CT molecular complexity index is 342. The first kappa shape index (κ1) is 12.5. The van der Waals surface area contributed by atoms with Gasteiger partial charge in [-0.15, -0.1) is 0 Å². The molecular weight excluding hydrogens is 250 g/mol. The summed E-state index contributed by atoms with van der Waals surface area (Å²) in [5.74, 6) is 0. The Hall–Kier alpha value is -0.600. The Morgan fingerprint density at radius 1 is 1.47 bits per heavy atom. The fraction of sp³-hybridized carbons (Fsp3) is 0.385. The van der Waals surface area contributed by atoms with Gasteiger partial charge in [0.2, 0.25) is 0 Å². The summed E-state index contributed by atoms with van der Waals surface area (Å²) in [5.41, 5.74) is 8.26. The molecule has 0 radical (unpaired) electrons. The van der Waals surface area contributed by atoms with Crippen molar-refractivity contribution in [3.8, 4) is 0 Å². The second kappa shape index (κ2) is 6.09. The number of hydrogen-bond donors (Lipinski definition) is 1. The number of aryl methyl sites for hydroxylation is 1. The molecule has 0 aliphatic rings. The summed E-state index contributed by atoms with van der Waals surface area (Å²) < 4.78 is 1.12. The van der Waals surface area contributed by atoms with E-state index < -0.39 is 0 Å². The fourth-order valence-electron chi connectivity index (χ4n) is 1.36. The van der Waals surface area contributed by atoms with Crippen LogP contribution in [0.25, 0.3) is 6.08 Å². The first-order chi connectivity index (χ1) is 7.09. The molecule has 1 atom stereocenters. The maximum absolute atomic E-state index is 5.68. The molecule has 0 saturated heterocycles. The van der Waals surface area contributed by atoms with Gasteiger partial charge in [-0.2, -0.15) is 0 Å². The molecule has 0 spiro atoms. The lowest BCUT2D eigenvalue weighted by Crippen LogP contribution is -2.13. The zero-order valence-corrected chi connectivity index (χ0v) is 10.9. The molecule has 0 saturated carbocycles. The molecule has 82 valence electrons. The maximum Gasteiger partial charge on any atom is 0.0181 e. The monoisotopic (exact) mass is 267 g/mol. The van der Waals surface area contributed by atoms with Gasteiger partial charge in [-0.25, -0.2) is 0 Å². The van der Waals surface area contributed by atoms with E-state index in [1.165, 1.54) is 11.1 Å². The van der Waals surface area contributed by atoms with Gasteiger partial charge < -0.3 is 5.73 Å². The summed E-state index contributed by atoms with van der Waals surface area (Å²) in [6, 6.07) is 6.61. The Labute approximate surface area is 101 Å².